The third-order valence-corrected chi connectivity index (χ3v) is 3.55. The predicted octanol–water partition coefficient (Wildman–Crippen LogP) is 0.735. The van der Waals surface area contributed by atoms with Crippen LogP contribution in [0.4, 0.5) is 0 Å². The predicted molar refractivity (Wildman–Crippen MR) is 66.4 cm³/mol. The van der Waals surface area contributed by atoms with Gasteiger partial charge in [-0.2, -0.15) is 0 Å². The molecule has 15 heavy (non-hydrogen) atoms. The van der Waals surface area contributed by atoms with E-state index in [-0.39, 0.29) is 0 Å². The first-order chi connectivity index (χ1) is 7.24. The molecule has 0 unspecified atom stereocenters. The van der Waals surface area contributed by atoms with Crippen LogP contribution in [0.5, 0.6) is 0 Å². The summed E-state index contributed by atoms with van der Waals surface area (Å²) in [5.74, 6) is 0. The first kappa shape index (κ1) is 11.5. The number of rotatable bonds is 2. The molecule has 0 aliphatic carbocycles. The Bertz CT molecular complexity index is 186. The molecule has 0 amide bonds. The van der Waals surface area contributed by atoms with Gasteiger partial charge >= 0.3 is 0 Å². The SMILES string of the molecule is CN1CCCB(OB2CCCN(C)C2)C1. The van der Waals surface area contributed by atoms with Gasteiger partial charge in [-0.1, -0.05) is 0 Å². The summed E-state index contributed by atoms with van der Waals surface area (Å²) < 4.78 is 6.19. The van der Waals surface area contributed by atoms with Crippen LogP contribution >= 0.6 is 0 Å². The highest BCUT2D eigenvalue weighted by Gasteiger charge is 2.29. The molecule has 84 valence electrons. The first-order valence-electron chi connectivity index (χ1n) is 6.26. The smallest absolute Gasteiger partial charge is 0.290 e. The molecule has 0 atom stereocenters. The van der Waals surface area contributed by atoms with Crippen molar-refractivity contribution < 1.29 is 4.57 Å². The monoisotopic (exact) mass is 208 g/mol. The first-order valence-corrected chi connectivity index (χ1v) is 6.26. The average Bonchev–Trinajstić information content (AvgIpc) is 2.17. The standard InChI is InChI=1S/C10H22B2N2O/c1-13-7-3-5-11(9-13)15-12-6-4-8-14(2)10-12/h3-10H2,1-2H3. The third kappa shape index (κ3) is 3.51. The van der Waals surface area contributed by atoms with Crippen molar-refractivity contribution in [1.29, 1.82) is 0 Å². The maximum absolute atomic E-state index is 6.19. The van der Waals surface area contributed by atoms with Crippen LogP contribution in [0.25, 0.3) is 0 Å². The molecule has 0 aromatic heterocycles. The molecule has 0 saturated carbocycles. The van der Waals surface area contributed by atoms with E-state index < -0.39 is 0 Å². The van der Waals surface area contributed by atoms with Crippen LogP contribution in [0.2, 0.25) is 12.6 Å². The van der Waals surface area contributed by atoms with Gasteiger partial charge in [0.25, 0.3) is 13.8 Å². The summed E-state index contributed by atoms with van der Waals surface area (Å²) in [6, 6.07) is 0. The van der Waals surface area contributed by atoms with Gasteiger partial charge in [0.15, 0.2) is 0 Å². The number of hydrogen-bond donors (Lipinski definition) is 0. The molecular formula is C10H22B2N2O. The Kier molecular flexibility index (Phi) is 4.12. The zero-order valence-electron chi connectivity index (χ0n) is 10.1. The van der Waals surface area contributed by atoms with Gasteiger partial charge in [-0.25, -0.2) is 0 Å². The molecule has 2 rings (SSSR count). The van der Waals surface area contributed by atoms with Crippen LogP contribution in [0.3, 0.4) is 0 Å². The number of nitrogens with zero attached hydrogens (tertiary/aromatic N) is 2. The Labute approximate surface area is 94.4 Å². The summed E-state index contributed by atoms with van der Waals surface area (Å²) in [7, 11) is 4.39. The van der Waals surface area contributed by atoms with E-state index in [2.05, 4.69) is 23.9 Å². The van der Waals surface area contributed by atoms with E-state index in [0.29, 0.717) is 13.8 Å². The highest BCUT2D eigenvalue weighted by atomic mass is 16.4. The normalized spacial score (nSPS) is 26.0. The summed E-state index contributed by atoms with van der Waals surface area (Å²) in [4.78, 5) is 4.78. The van der Waals surface area contributed by atoms with Crippen molar-refractivity contribution in [3.8, 4) is 0 Å². The molecule has 0 radical (unpaired) electrons. The van der Waals surface area contributed by atoms with E-state index in [1.165, 1.54) is 38.6 Å². The highest BCUT2D eigenvalue weighted by molar-refractivity contribution is 6.66. The zero-order chi connectivity index (χ0) is 10.7. The van der Waals surface area contributed by atoms with Crippen molar-refractivity contribution in [3.63, 3.8) is 0 Å². The van der Waals surface area contributed by atoms with Crippen LogP contribution in [0.15, 0.2) is 0 Å². The maximum Gasteiger partial charge on any atom is 0.290 e. The quantitative estimate of drug-likeness (QED) is 0.622. The highest BCUT2D eigenvalue weighted by Crippen LogP contribution is 2.15. The second kappa shape index (κ2) is 5.37. The summed E-state index contributed by atoms with van der Waals surface area (Å²) >= 11 is 0. The minimum atomic E-state index is 0.486. The van der Waals surface area contributed by atoms with Gasteiger partial charge in [0.05, 0.1) is 0 Å². The molecule has 5 heteroatoms. The molecule has 2 heterocycles. The van der Waals surface area contributed by atoms with Crippen molar-refractivity contribution in [3.05, 3.63) is 0 Å². The Morgan fingerprint density at radius 2 is 1.33 bits per heavy atom. The molecule has 0 aromatic carbocycles. The van der Waals surface area contributed by atoms with Gasteiger partial charge in [0, 0.05) is 12.9 Å². The van der Waals surface area contributed by atoms with E-state index in [0.717, 1.165) is 12.9 Å². The minimum Gasteiger partial charge on any atom is -0.497 e. The Hall–Kier alpha value is 0.00987. The molecule has 2 aliphatic rings. The molecule has 0 N–H and O–H groups in total. The summed E-state index contributed by atoms with van der Waals surface area (Å²) in [5, 5.41) is 0. The molecule has 3 nitrogen and oxygen atoms in total. The number of hydrogen-bond acceptors (Lipinski definition) is 3. The minimum absolute atomic E-state index is 0.486. The van der Waals surface area contributed by atoms with Crippen LogP contribution < -0.4 is 0 Å². The zero-order valence-corrected chi connectivity index (χ0v) is 10.1. The van der Waals surface area contributed by atoms with Crippen molar-refractivity contribution in [2.24, 2.45) is 0 Å². The van der Waals surface area contributed by atoms with E-state index in [1.807, 2.05) is 0 Å². The van der Waals surface area contributed by atoms with Gasteiger partial charge in [0.2, 0.25) is 0 Å². The average molecular weight is 208 g/mol. The molecule has 2 saturated heterocycles. The molecule has 2 aliphatic heterocycles. The summed E-state index contributed by atoms with van der Waals surface area (Å²) in [6.07, 6.45) is 7.35. The Morgan fingerprint density at radius 3 is 1.73 bits per heavy atom. The fourth-order valence-electron chi connectivity index (χ4n) is 2.73. The second-order valence-corrected chi connectivity index (χ2v) is 5.19. The topological polar surface area (TPSA) is 15.7 Å². The lowest BCUT2D eigenvalue weighted by molar-refractivity contribution is 0.323. The summed E-state index contributed by atoms with van der Waals surface area (Å²) in [6.45, 7) is 3.45. The molecule has 2 fully saturated rings. The van der Waals surface area contributed by atoms with Crippen LogP contribution in [0, 0.1) is 0 Å². The molecule has 0 spiro atoms. The molecule has 0 bridgehead atoms. The molecular weight excluding hydrogens is 186 g/mol. The Morgan fingerprint density at radius 1 is 0.867 bits per heavy atom. The fourth-order valence-corrected chi connectivity index (χ4v) is 2.73. The Balaban J connectivity index is 1.75. The van der Waals surface area contributed by atoms with Gasteiger partial charge in [-0.15, -0.1) is 0 Å². The van der Waals surface area contributed by atoms with Gasteiger partial charge < -0.3 is 14.4 Å². The van der Waals surface area contributed by atoms with Gasteiger partial charge in [-0.05, 0) is 52.7 Å². The van der Waals surface area contributed by atoms with Crippen LogP contribution in [0.1, 0.15) is 12.8 Å². The lowest BCUT2D eigenvalue weighted by Crippen LogP contribution is -2.48. The lowest BCUT2D eigenvalue weighted by atomic mass is 9.53. The van der Waals surface area contributed by atoms with E-state index in [9.17, 15) is 0 Å². The third-order valence-electron chi connectivity index (χ3n) is 3.55. The van der Waals surface area contributed by atoms with Gasteiger partial charge in [-0.3, -0.25) is 0 Å². The van der Waals surface area contributed by atoms with Crippen molar-refractivity contribution in [2.75, 3.05) is 40.1 Å². The van der Waals surface area contributed by atoms with Gasteiger partial charge in [0.1, 0.15) is 0 Å². The van der Waals surface area contributed by atoms with E-state index >= 15 is 0 Å². The van der Waals surface area contributed by atoms with Crippen molar-refractivity contribution >= 4 is 13.8 Å². The van der Waals surface area contributed by atoms with E-state index in [4.69, 9.17) is 4.57 Å². The van der Waals surface area contributed by atoms with E-state index in [1.54, 1.807) is 0 Å². The van der Waals surface area contributed by atoms with Crippen molar-refractivity contribution in [1.82, 2.24) is 9.80 Å². The largest absolute Gasteiger partial charge is 0.497 e. The van der Waals surface area contributed by atoms with Crippen LogP contribution in [-0.4, -0.2) is 63.7 Å². The second-order valence-electron chi connectivity index (χ2n) is 5.19. The maximum atomic E-state index is 6.19. The summed E-state index contributed by atoms with van der Waals surface area (Å²) in [5.41, 5.74) is 0. The van der Waals surface area contributed by atoms with Crippen molar-refractivity contribution in [2.45, 2.75) is 25.5 Å². The lowest BCUT2D eigenvalue weighted by Gasteiger charge is -2.33. The fraction of sp³-hybridized carbons (Fsp3) is 1.00. The van der Waals surface area contributed by atoms with Crippen LogP contribution in [-0.2, 0) is 4.57 Å². The molecule has 0 aromatic rings.